The van der Waals surface area contributed by atoms with Crippen LogP contribution in [0, 0.1) is 13.0 Å². The molecule has 6 nitrogen and oxygen atoms in total. The molecule has 0 atom stereocenters. The largest absolute Gasteiger partial charge is 0.313 e. The molecule has 21 heavy (non-hydrogen) atoms. The Morgan fingerprint density at radius 2 is 2.24 bits per heavy atom. The predicted molar refractivity (Wildman–Crippen MR) is 74.3 cm³/mol. The third-order valence-electron chi connectivity index (χ3n) is 3.18. The number of pyridine rings is 1. The topological polar surface area (TPSA) is 72.7 Å². The third-order valence-corrected chi connectivity index (χ3v) is 3.18. The zero-order chi connectivity index (χ0) is 14.1. The molecule has 0 spiro atoms. The second-order valence-electron chi connectivity index (χ2n) is 4.41. The van der Waals surface area contributed by atoms with Gasteiger partial charge in [0.25, 0.3) is 0 Å². The van der Waals surface area contributed by atoms with Gasteiger partial charge in [-0.15, -0.1) is 28.5 Å². The van der Waals surface area contributed by atoms with Crippen molar-refractivity contribution in [3.05, 3.63) is 48.0 Å². The van der Waals surface area contributed by atoms with Gasteiger partial charge >= 0.3 is 0 Å². The molecule has 2 heterocycles. The van der Waals surface area contributed by atoms with Crippen LogP contribution in [0.25, 0.3) is 10.8 Å². The van der Waals surface area contributed by atoms with Crippen molar-refractivity contribution in [2.24, 2.45) is 7.05 Å². The van der Waals surface area contributed by atoms with Gasteiger partial charge in [-0.25, -0.2) is 4.68 Å². The third kappa shape index (κ3) is 2.85. The molecule has 7 heteroatoms. The van der Waals surface area contributed by atoms with E-state index in [1.807, 2.05) is 13.0 Å². The SMILES string of the molecule is Cc1c(C(=O)Nc2ncnn2C)c[c-]c2cnccc12.[W]. The smallest absolute Gasteiger partial charge is 0.227 e. The fourth-order valence-corrected chi connectivity index (χ4v) is 2.05. The molecule has 0 aliphatic rings. The molecule has 1 aromatic carbocycles. The summed E-state index contributed by atoms with van der Waals surface area (Å²) in [5.74, 6) is 0.179. The molecule has 1 N–H and O–H groups in total. The number of aromatic nitrogens is 4. The van der Waals surface area contributed by atoms with Gasteiger partial charge in [0.15, 0.2) is 0 Å². The zero-order valence-corrected chi connectivity index (χ0v) is 14.4. The Hall–Kier alpha value is -2.07. The number of amides is 1. The van der Waals surface area contributed by atoms with Crippen LogP contribution >= 0.6 is 0 Å². The minimum absolute atomic E-state index is 0. The number of benzene rings is 1. The summed E-state index contributed by atoms with van der Waals surface area (Å²) in [5.41, 5.74) is 1.45. The van der Waals surface area contributed by atoms with Crippen LogP contribution in [0.3, 0.4) is 0 Å². The zero-order valence-electron chi connectivity index (χ0n) is 11.5. The van der Waals surface area contributed by atoms with E-state index in [2.05, 4.69) is 26.4 Å². The Balaban J connectivity index is 0.00000161. The number of nitrogens with zero attached hydrogens (tertiary/aromatic N) is 4. The molecule has 0 unspecified atom stereocenters. The van der Waals surface area contributed by atoms with Crippen LogP contribution in [0.1, 0.15) is 15.9 Å². The summed E-state index contributed by atoms with van der Waals surface area (Å²) in [5, 5.41) is 8.49. The van der Waals surface area contributed by atoms with Crippen LogP contribution in [0.2, 0.25) is 0 Å². The maximum Gasteiger partial charge on any atom is 0.227 e. The molecular formula is C14H12N5OW-. The van der Waals surface area contributed by atoms with E-state index in [0.29, 0.717) is 11.5 Å². The van der Waals surface area contributed by atoms with E-state index in [4.69, 9.17) is 0 Å². The van der Waals surface area contributed by atoms with E-state index in [1.165, 1.54) is 11.0 Å². The quantitative estimate of drug-likeness (QED) is 0.604. The average Bonchev–Trinajstić information content (AvgIpc) is 2.85. The minimum Gasteiger partial charge on any atom is -0.313 e. The van der Waals surface area contributed by atoms with Crippen LogP contribution in [0.5, 0.6) is 0 Å². The fraction of sp³-hybridized carbons (Fsp3) is 0.143. The Morgan fingerprint density at radius 3 is 2.95 bits per heavy atom. The molecule has 0 saturated heterocycles. The van der Waals surface area contributed by atoms with Crippen molar-refractivity contribution in [2.45, 2.75) is 6.92 Å². The molecule has 0 aliphatic carbocycles. The predicted octanol–water partition coefficient (Wildman–Crippen LogP) is 1.72. The number of rotatable bonds is 2. The first-order valence-electron chi connectivity index (χ1n) is 6.07. The molecule has 2 aromatic heterocycles. The Labute approximate surface area is 135 Å². The molecule has 106 valence electrons. The molecule has 3 rings (SSSR count). The maximum absolute atomic E-state index is 12.3. The van der Waals surface area contributed by atoms with Crippen molar-refractivity contribution in [1.82, 2.24) is 19.7 Å². The summed E-state index contributed by atoms with van der Waals surface area (Å²) in [7, 11) is 1.72. The number of carbonyl (C=O) groups excluding carboxylic acids is 1. The normalized spacial score (nSPS) is 10.2. The van der Waals surface area contributed by atoms with Crippen LogP contribution in [0.4, 0.5) is 5.95 Å². The van der Waals surface area contributed by atoms with Gasteiger partial charge in [0.2, 0.25) is 11.9 Å². The second kappa shape index (κ2) is 6.14. The molecule has 0 fully saturated rings. The van der Waals surface area contributed by atoms with Crippen LogP contribution in [-0.4, -0.2) is 25.7 Å². The van der Waals surface area contributed by atoms with Crippen molar-refractivity contribution in [3.63, 3.8) is 0 Å². The van der Waals surface area contributed by atoms with Crippen molar-refractivity contribution in [1.29, 1.82) is 0 Å². The summed E-state index contributed by atoms with van der Waals surface area (Å²) >= 11 is 0. The van der Waals surface area contributed by atoms with E-state index in [9.17, 15) is 4.79 Å². The fourth-order valence-electron chi connectivity index (χ4n) is 2.05. The van der Waals surface area contributed by atoms with Gasteiger partial charge in [0.05, 0.1) is 0 Å². The minimum atomic E-state index is -0.228. The average molecular weight is 450 g/mol. The molecule has 0 saturated carbocycles. The number of hydrogen-bond acceptors (Lipinski definition) is 4. The first-order chi connectivity index (χ1) is 9.66. The Kier molecular flexibility index (Phi) is 4.48. The molecular weight excluding hydrogens is 438 g/mol. The van der Waals surface area contributed by atoms with E-state index in [-0.39, 0.29) is 27.0 Å². The Bertz CT molecular complexity index is 799. The van der Waals surface area contributed by atoms with Crippen molar-refractivity contribution in [2.75, 3.05) is 5.32 Å². The van der Waals surface area contributed by atoms with Crippen LogP contribution in [-0.2, 0) is 28.1 Å². The molecule has 3 aromatic rings. The van der Waals surface area contributed by atoms with Gasteiger partial charge in [-0.3, -0.25) is 10.1 Å². The number of fused-ring (bicyclic) bond motifs is 1. The molecule has 0 bridgehead atoms. The summed E-state index contributed by atoms with van der Waals surface area (Å²) < 4.78 is 1.50. The van der Waals surface area contributed by atoms with Crippen LogP contribution < -0.4 is 5.32 Å². The van der Waals surface area contributed by atoms with Crippen molar-refractivity contribution >= 4 is 22.6 Å². The van der Waals surface area contributed by atoms with Gasteiger partial charge in [-0.05, 0) is 11.8 Å². The first kappa shape index (κ1) is 15.3. The van der Waals surface area contributed by atoms with Gasteiger partial charge in [-0.1, -0.05) is 13.0 Å². The summed E-state index contributed by atoms with van der Waals surface area (Å²) in [6.45, 7) is 1.90. The second-order valence-corrected chi connectivity index (χ2v) is 4.41. The van der Waals surface area contributed by atoms with Crippen LogP contribution in [0.15, 0.2) is 30.9 Å². The van der Waals surface area contributed by atoms with Gasteiger partial charge in [0.1, 0.15) is 6.33 Å². The standard InChI is InChI=1S/C14H12N5O.W/c1-9-11-5-6-15-7-10(11)3-4-12(9)13(20)18-14-16-8-17-19(14)2;/h4-8H,1-2H3,(H,16,17,18,20);/q-1;. The van der Waals surface area contributed by atoms with E-state index in [1.54, 1.807) is 25.5 Å². The van der Waals surface area contributed by atoms with Crippen molar-refractivity contribution in [3.8, 4) is 0 Å². The first-order valence-corrected chi connectivity index (χ1v) is 6.07. The summed E-state index contributed by atoms with van der Waals surface area (Å²) in [6, 6.07) is 6.62. The van der Waals surface area contributed by atoms with Gasteiger partial charge < -0.3 is 4.98 Å². The number of carbonyl (C=O) groups is 1. The summed E-state index contributed by atoms with van der Waals surface area (Å²) in [4.78, 5) is 20.3. The molecule has 0 radical (unpaired) electrons. The maximum atomic E-state index is 12.3. The number of anilines is 1. The number of nitrogens with one attached hydrogen (secondary N) is 1. The van der Waals surface area contributed by atoms with E-state index >= 15 is 0 Å². The monoisotopic (exact) mass is 450 g/mol. The van der Waals surface area contributed by atoms with Gasteiger partial charge in [0, 0.05) is 34.3 Å². The molecule has 0 aliphatic heterocycles. The van der Waals surface area contributed by atoms with Gasteiger partial charge in [-0.2, -0.15) is 10.1 Å². The Morgan fingerprint density at radius 1 is 1.43 bits per heavy atom. The number of hydrogen-bond donors (Lipinski definition) is 1. The number of aryl methyl sites for hydroxylation is 2. The van der Waals surface area contributed by atoms with E-state index < -0.39 is 0 Å². The van der Waals surface area contributed by atoms with Crippen molar-refractivity contribution < 1.29 is 25.9 Å². The van der Waals surface area contributed by atoms with E-state index in [0.717, 1.165) is 16.3 Å². The molecule has 1 amide bonds. The summed E-state index contributed by atoms with van der Waals surface area (Å²) in [6.07, 6.45) is 4.82.